The molecule has 0 bridgehead atoms. The zero-order valence-corrected chi connectivity index (χ0v) is 12.7. The second-order valence-electron chi connectivity index (χ2n) is 4.77. The van der Waals surface area contributed by atoms with Crippen molar-refractivity contribution in [3.05, 3.63) is 33.8 Å². The predicted molar refractivity (Wildman–Crippen MR) is 72.0 cm³/mol. The van der Waals surface area contributed by atoms with Gasteiger partial charge in [-0.25, -0.2) is 8.78 Å². The molecule has 2 atom stereocenters. The minimum Gasteiger partial charge on any atom is -0.598 e. The molecule has 0 aromatic heterocycles. The molecule has 18 heavy (non-hydrogen) atoms. The van der Waals surface area contributed by atoms with E-state index in [0.717, 1.165) is 12.1 Å². The molecule has 1 aromatic rings. The fraction of sp³-hybridized carbons (Fsp3) is 0.455. The molecule has 1 unspecified atom stereocenters. The summed E-state index contributed by atoms with van der Waals surface area (Å²) < 4.78 is 40.7. The van der Waals surface area contributed by atoms with Crippen LogP contribution in [0.3, 0.4) is 0 Å². The third-order valence-corrected chi connectivity index (χ3v) is 4.30. The third-order valence-electron chi connectivity index (χ3n) is 2.15. The number of rotatable bonds is 3. The second kappa shape index (κ2) is 5.83. The van der Waals surface area contributed by atoms with E-state index in [4.69, 9.17) is 5.73 Å². The summed E-state index contributed by atoms with van der Waals surface area (Å²) in [5.41, 5.74) is 5.63. The average Bonchev–Trinajstić information content (AvgIpc) is 2.21. The van der Waals surface area contributed by atoms with E-state index < -0.39 is 33.9 Å². The lowest BCUT2D eigenvalue weighted by atomic mass is 10.1. The van der Waals surface area contributed by atoms with E-state index in [1.165, 1.54) is 0 Å². The molecular formula is C11H15BrF2N2OS. The minimum atomic E-state index is -1.47. The van der Waals surface area contributed by atoms with E-state index in [1.807, 2.05) is 0 Å². The van der Waals surface area contributed by atoms with Gasteiger partial charge in [0.05, 0.1) is 4.47 Å². The van der Waals surface area contributed by atoms with E-state index in [-0.39, 0.29) is 10.0 Å². The lowest BCUT2D eigenvalue weighted by molar-refractivity contribution is 0.511. The average molecular weight is 341 g/mol. The molecule has 0 heterocycles. The van der Waals surface area contributed by atoms with Gasteiger partial charge in [-0.1, -0.05) is 0 Å². The van der Waals surface area contributed by atoms with Gasteiger partial charge in [-0.05, 0) is 48.8 Å². The van der Waals surface area contributed by atoms with Crippen LogP contribution < -0.4 is 10.5 Å². The quantitative estimate of drug-likeness (QED) is 0.505. The molecule has 0 amide bonds. The topological polar surface area (TPSA) is 61.1 Å². The van der Waals surface area contributed by atoms with Crippen molar-refractivity contribution in [2.75, 3.05) is 0 Å². The Morgan fingerprint density at radius 1 is 1.39 bits per heavy atom. The van der Waals surface area contributed by atoms with Crippen LogP contribution in [0.5, 0.6) is 0 Å². The van der Waals surface area contributed by atoms with E-state index in [1.54, 1.807) is 20.8 Å². The summed E-state index contributed by atoms with van der Waals surface area (Å²) in [4.78, 5) is 0. The molecule has 3 nitrogen and oxygen atoms in total. The van der Waals surface area contributed by atoms with E-state index in [9.17, 15) is 13.3 Å². The van der Waals surface area contributed by atoms with E-state index in [2.05, 4.69) is 20.7 Å². The molecule has 1 aromatic carbocycles. The van der Waals surface area contributed by atoms with Crippen LogP contribution >= 0.6 is 15.9 Å². The van der Waals surface area contributed by atoms with Crippen LogP contribution in [0.2, 0.25) is 0 Å². The van der Waals surface area contributed by atoms with Crippen molar-refractivity contribution in [1.82, 2.24) is 4.72 Å². The largest absolute Gasteiger partial charge is 0.598 e. The van der Waals surface area contributed by atoms with Crippen molar-refractivity contribution in [3.8, 4) is 0 Å². The summed E-state index contributed by atoms with van der Waals surface area (Å²) >= 11 is 1.43. The Bertz CT molecular complexity index is 440. The molecule has 0 aliphatic carbocycles. The van der Waals surface area contributed by atoms with Gasteiger partial charge in [0.1, 0.15) is 22.5 Å². The maximum Gasteiger partial charge on any atom is 0.143 e. The monoisotopic (exact) mass is 340 g/mol. The Morgan fingerprint density at radius 2 is 1.94 bits per heavy atom. The normalized spacial score (nSPS) is 15.6. The maximum atomic E-state index is 13.7. The number of hydrogen-bond donors (Lipinski definition) is 2. The van der Waals surface area contributed by atoms with Crippen molar-refractivity contribution in [1.29, 1.82) is 0 Å². The fourth-order valence-electron chi connectivity index (χ4n) is 1.16. The van der Waals surface area contributed by atoms with Gasteiger partial charge >= 0.3 is 0 Å². The summed E-state index contributed by atoms with van der Waals surface area (Å²) in [6.07, 6.45) is -1.04. The molecule has 0 saturated carbocycles. The molecule has 0 aliphatic heterocycles. The van der Waals surface area contributed by atoms with E-state index in [0.29, 0.717) is 0 Å². The standard InChI is InChI=1S/C11H15BrF2N2OS/c1-11(2,3)18(17)16-10(15)7-4-6(13)5-8(12)9(7)14/h4-5,10,16H,15H2,1-3H3/t10-,18?/m0/s1. The molecule has 0 spiro atoms. The van der Waals surface area contributed by atoms with Gasteiger partial charge in [0.25, 0.3) is 0 Å². The summed E-state index contributed by atoms with van der Waals surface area (Å²) in [5, 5.41) is 0. The van der Waals surface area contributed by atoms with Crippen LogP contribution in [0.15, 0.2) is 16.6 Å². The van der Waals surface area contributed by atoms with Gasteiger partial charge in [-0.2, -0.15) is 0 Å². The zero-order valence-electron chi connectivity index (χ0n) is 10.3. The Hall–Kier alpha value is -0.210. The highest BCUT2D eigenvalue weighted by molar-refractivity contribution is 9.10. The van der Waals surface area contributed by atoms with Gasteiger partial charge < -0.3 is 10.3 Å². The highest BCUT2D eigenvalue weighted by atomic mass is 79.9. The number of halogens is 3. The van der Waals surface area contributed by atoms with Crippen LogP contribution in [0, 0.1) is 11.6 Å². The predicted octanol–water partition coefficient (Wildman–Crippen LogP) is 2.74. The van der Waals surface area contributed by atoms with E-state index >= 15 is 0 Å². The van der Waals surface area contributed by atoms with Gasteiger partial charge in [0, 0.05) is 16.9 Å². The Balaban J connectivity index is 2.95. The van der Waals surface area contributed by atoms with Crippen molar-refractivity contribution >= 4 is 27.3 Å². The van der Waals surface area contributed by atoms with Crippen LogP contribution in [0.25, 0.3) is 0 Å². The Morgan fingerprint density at radius 3 is 2.44 bits per heavy atom. The zero-order chi connectivity index (χ0) is 14.1. The lowest BCUT2D eigenvalue weighted by Crippen LogP contribution is -2.44. The molecule has 0 saturated heterocycles. The number of benzene rings is 1. The Labute approximate surface area is 117 Å². The minimum absolute atomic E-state index is 0.0173. The summed E-state index contributed by atoms with van der Waals surface area (Å²) in [6, 6.07) is 1.99. The summed E-state index contributed by atoms with van der Waals surface area (Å²) in [7, 11) is 0. The van der Waals surface area contributed by atoms with Gasteiger partial charge in [0.15, 0.2) is 0 Å². The molecule has 0 aliphatic rings. The molecule has 1 rings (SSSR count). The molecule has 3 N–H and O–H groups in total. The summed E-state index contributed by atoms with van der Waals surface area (Å²) in [5.74, 6) is -1.28. The van der Waals surface area contributed by atoms with Gasteiger partial charge in [-0.15, -0.1) is 4.72 Å². The first-order valence-corrected chi connectivity index (χ1v) is 7.15. The van der Waals surface area contributed by atoms with Crippen LogP contribution in [0.4, 0.5) is 8.78 Å². The van der Waals surface area contributed by atoms with Crippen molar-refractivity contribution < 1.29 is 13.3 Å². The molecular weight excluding hydrogens is 326 g/mol. The number of nitrogens with two attached hydrogens (primary N) is 1. The molecule has 0 fully saturated rings. The smallest absolute Gasteiger partial charge is 0.143 e. The Kier molecular flexibility index (Phi) is 5.13. The number of nitrogens with one attached hydrogen (secondary N) is 1. The van der Waals surface area contributed by atoms with Crippen LogP contribution in [0.1, 0.15) is 32.5 Å². The first-order chi connectivity index (χ1) is 8.12. The van der Waals surface area contributed by atoms with Crippen molar-refractivity contribution in [3.63, 3.8) is 0 Å². The first-order valence-electron chi connectivity index (χ1n) is 5.21. The highest BCUT2D eigenvalue weighted by Gasteiger charge is 2.29. The van der Waals surface area contributed by atoms with Crippen molar-refractivity contribution in [2.24, 2.45) is 5.73 Å². The lowest BCUT2D eigenvalue weighted by Gasteiger charge is -2.26. The first kappa shape index (κ1) is 15.8. The number of hydrogen-bond acceptors (Lipinski definition) is 3. The SMILES string of the molecule is CC(C)(C)[S+]([O-])N[C@H](N)c1cc(F)cc(Br)c1F. The molecule has 102 valence electrons. The highest BCUT2D eigenvalue weighted by Crippen LogP contribution is 2.25. The van der Waals surface area contributed by atoms with Crippen molar-refractivity contribution in [2.45, 2.75) is 31.7 Å². The third kappa shape index (κ3) is 3.89. The molecule has 7 heteroatoms. The fourth-order valence-corrected chi connectivity index (χ4v) is 2.32. The second-order valence-corrected chi connectivity index (χ2v) is 7.62. The van der Waals surface area contributed by atoms with Gasteiger partial charge in [-0.3, -0.25) is 0 Å². The van der Waals surface area contributed by atoms with Gasteiger partial charge in [0.2, 0.25) is 0 Å². The van der Waals surface area contributed by atoms with Crippen LogP contribution in [-0.2, 0) is 11.4 Å². The summed E-state index contributed by atoms with van der Waals surface area (Å²) in [6.45, 7) is 5.25. The maximum absolute atomic E-state index is 13.7. The van der Waals surface area contributed by atoms with Crippen LogP contribution in [-0.4, -0.2) is 9.30 Å². The molecule has 0 radical (unpaired) electrons.